The Morgan fingerprint density at radius 3 is 1.85 bits per heavy atom. The molecule has 40 heavy (non-hydrogen) atoms. The van der Waals surface area contributed by atoms with Crippen LogP contribution in [0.1, 0.15) is 63.5 Å². The monoisotopic (exact) mass is 539 g/mol. The summed E-state index contributed by atoms with van der Waals surface area (Å²) in [6, 6.07) is 34.7. The Morgan fingerprint density at radius 2 is 1.15 bits per heavy atom. The van der Waals surface area contributed by atoms with E-state index in [0.717, 1.165) is 6.42 Å². The van der Waals surface area contributed by atoms with E-state index in [1.54, 1.807) is 0 Å². The summed E-state index contributed by atoms with van der Waals surface area (Å²) in [6.45, 7) is 4.56. The molecule has 0 unspecified atom stereocenters. The normalized spacial score (nSPS) is 12.1. The van der Waals surface area contributed by atoms with Crippen molar-refractivity contribution in [3.8, 4) is 5.69 Å². The third-order valence-corrected chi connectivity index (χ3v) is 9.86. The van der Waals surface area contributed by atoms with Crippen molar-refractivity contribution in [3.63, 3.8) is 0 Å². The first kappa shape index (κ1) is 25.4. The summed E-state index contributed by atoms with van der Waals surface area (Å²) in [6.07, 6.45) is 9.98. The van der Waals surface area contributed by atoms with Gasteiger partial charge in [0.2, 0.25) is 0 Å². The zero-order chi connectivity index (χ0) is 27.1. The smallest absolute Gasteiger partial charge is 0.0619 e. The molecule has 7 aromatic rings. The number of fused-ring (bicyclic) bond motifs is 9. The zero-order valence-electron chi connectivity index (χ0n) is 23.7. The molecular formula is C38H37NS. The van der Waals surface area contributed by atoms with Gasteiger partial charge in [-0.05, 0) is 73.2 Å². The van der Waals surface area contributed by atoms with Crippen LogP contribution in [0.4, 0.5) is 0 Å². The number of thiophene rings is 1. The van der Waals surface area contributed by atoms with Crippen LogP contribution in [0.5, 0.6) is 0 Å². The Morgan fingerprint density at radius 1 is 0.550 bits per heavy atom. The van der Waals surface area contributed by atoms with Gasteiger partial charge in [-0.15, -0.1) is 11.3 Å². The van der Waals surface area contributed by atoms with Crippen LogP contribution in [-0.2, 0) is 12.8 Å². The van der Waals surface area contributed by atoms with Crippen molar-refractivity contribution in [1.82, 2.24) is 4.57 Å². The Bertz CT molecular complexity index is 1970. The SMILES string of the molecule is CCCCCc1ccc2sc3c(ccc4c3ccc3c5cc(CCCCC)ccc5n(-c5ccccc5)c43)c2c1. The number of nitrogens with zero attached hydrogens (tertiary/aromatic N) is 1. The molecule has 0 atom stereocenters. The van der Waals surface area contributed by atoms with E-state index in [-0.39, 0.29) is 0 Å². The lowest BCUT2D eigenvalue weighted by atomic mass is 10.0. The lowest BCUT2D eigenvalue weighted by Gasteiger charge is -2.10. The number of rotatable bonds is 9. The van der Waals surface area contributed by atoms with Crippen molar-refractivity contribution < 1.29 is 0 Å². The van der Waals surface area contributed by atoms with E-state index < -0.39 is 0 Å². The third kappa shape index (κ3) is 4.30. The molecule has 0 aliphatic heterocycles. The van der Waals surface area contributed by atoms with Gasteiger partial charge in [0.25, 0.3) is 0 Å². The summed E-state index contributed by atoms with van der Waals surface area (Å²) in [5.41, 5.74) is 6.75. The molecule has 7 rings (SSSR count). The van der Waals surface area contributed by atoms with Gasteiger partial charge in [-0.2, -0.15) is 0 Å². The highest BCUT2D eigenvalue weighted by Crippen LogP contribution is 2.43. The summed E-state index contributed by atoms with van der Waals surface area (Å²) in [4.78, 5) is 0. The average Bonchev–Trinajstić information content (AvgIpc) is 3.53. The third-order valence-electron chi connectivity index (χ3n) is 8.64. The molecule has 0 aliphatic carbocycles. The number of benzene rings is 5. The second-order valence-electron chi connectivity index (χ2n) is 11.4. The van der Waals surface area contributed by atoms with Crippen LogP contribution < -0.4 is 0 Å². The molecule has 1 nitrogen and oxygen atoms in total. The minimum Gasteiger partial charge on any atom is -0.309 e. The molecule has 0 aliphatic rings. The predicted octanol–water partition coefficient (Wildman–Crippen LogP) is 11.8. The summed E-state index contributed by atoms with van der Waals surface area (Å²) in [5.74, 6) is 0. The zero-order valence-corrected chi connectivity index (χ0v) is 24.5. The predicted molar refractivity (Wildman–Crippen MR) is 178 cm³/mol. The molecule has 0 bridgehead atoms. The molecule has 0 N–H and O–H groups in total. The van der Waals surface area contributed by atoms with E-state index >= 15 is 0 Å². The molecule has 2 heterocycles. The van der Waals surface area contributed by atoms with Gasteiger partial charge in [-0.25, -0.2) is 0 Å². The second kappa shape index (κ2) is 10.7. The Labute approximate surface area is 241 Å². The van der Waals surface area contributed by atoms with Gasteiger partial charge in [0.15, 0.2) is 0 Å². The molecule has 5 aromatic carbocycles. The maximum Gasteiger partial charge on any atom is 0.0619 e. The number of aryl methyl sites for hydroxylation is 2. The Kier molecular flexibility index (Phi) is 6.81. The maximum absolute atomic E-state index is 2.49. The number of hydrogen-bond acceptors (Lipinski definition) is 1. The fraction of sp³-hybridized carbons (Fsp3) is 0.263. The van der Waals surface area contributed by atoms with Crippen LogP contribution in [0.2, 0.25) is 0 Å². The van der Waals surface area contributed by atoms with E-state index in [1.807, 2.05) is 11.3 Å². The van der Waals surface area contributed by atoms with Crippen LogP contribution in [0, 0.1) is 0 Å². The lowest BCUT2D eigenvalue weighted by Crippen LogP contribution is -1.94. The number of para-hydroxylation sites is 1. The van der Waals surface area contributed by atoms with E-state index in [1.165, 1.54) is 115 Å². The van der Waals surface area contributed by atoms with Gasteiger partial charge in [0.1, 0.15) is 0 Å². The van der Waals surface area contributed by atoms with Crippen molar-refractivity contribution in [3.05, 3.63) is 102 Å². The standard InChI is InChI=1S/C38H37NS/c1-3-5-8-12-26-16-22-35-33(24-26)30-19-20-31-29(37(30)39(35)28-14-10-7-11-15-28)18-21-32-34-25-27(13-9-6-4-2)17-23-36(34)40-38(31)32/h7,10-11,14-25H,3-6,8-9,12-13H2,1-2H3. The molecule has 0 radical (unpaired) electrons. The second-order valence-corrected chi connectivity index (χ2v) is 12.4. The van der Waals surface area contributed by atoms with Gasteiger partial charge in [-0.1, -0.05) is 94.1 Å². The minimum atomic E-state index is 1.15. The molecule has 0 saturated heterocycles. The van der Waals surface area contributed by atoms with Gasteiger partial charge in [0, 0.05) is 47.4 Å². The highest BCUT2D eigenvalue weighted by molar-refractivity contribution is 7.26. The molecule has 200 valence electrons. The Balaban J connectivity index is 1.47. The van der Waals surface area contributed by atoms with Crippen molar-refractivity contribution >= 4 is 64.1 Å². The summed E-state index contributed by atoms with van der Waals surface area (Å²) in [7, 11) is 0. The van der Waals surface area contributed by atoms with Crippen LogP contribution in [-0.4, -0.2) is 4.57 Å². The highest BCUT2D eigenvalue weighted by atomic mass is 32.1. The fourth-order valence-electron chi connectivity index (χ4n) is 6.56. The highest BCUT2D eigenvalue weighted by Gasteiger charge is 2.18. The first-order valence-corrected chi connectivity index (χ1v) is 16.0. The largest absolute Gasteiger partial charge is 0.309 e. The van der Waals surface area contributed by atoms with E-state index in [9.17, 15) is 0 Å². The minimum absolute atomic E-state index is 1.15. The first-order valence-electron chi connectivity index (χ1n) is 15.2. The van der Waals surface area contributed by atoms with Crippen LogP contribution in [0.25, 0.3) is 58.4 Å². The van der Waals surface area contributed by atoms with Gasteiger partial charge < -0.3 is 4.57 Å². The summed E-state index contributed by atoms with van der Waals surface area (Å²) >= 11 is 1.95. The molecule has 2 aromatic heterocycles. The quantitative estimate of drug-likeness (QED) is 0.161. The van der Waals surface area contributed by atoms with Crippen molar-refractivity contribution in [2.24, 2.45) is 0 Å². The molecule has 0 amide bonds. The van der Waals surface area contributed by atoms with Gasteiger partial charge in [0.05, 0.1) is 11.0 Å². The molecule has 2 heteroatoms. The van der Waals surface area contributed by atoms with Crippen LogP contribution >= 0.6 is 11.3 Å². The maximum atomic E-state index is 2.49. The van der Waals surface area contributed by atoms with Gasteiger partial charge in [-0.3, -0.25) is 0 Å². The number of hydrogen-bond donors (Lipinski definition) is 0. The molecular weight excluding hydrogens is 502 g/mol. The van der Waals surface area contributed by atoms with E-state index in [4.69, 9.17) is 0 Å². The summed E-state index contributed by atoms with van der Waals surface area (Å²) < 4.78 is 5.29. The van der Waals surface area contributed by atoms with Crippen molar-refractivity contribution in [2.75, 3.05) is 0 Å². The van der Waals surface area contributed by atoms with Crippen molar-refractivity contribution in [2.45, 2.75) is 65.2 Å². The van der Waals surface area contributed by atoms with Crippen molar-refractivity contribution in [1.29, 1.82) is 0 Å². The van der Waals surface area contributed by atoms with E-state index in [2.05, 4.69) is 109 Å². The molecule has 0 saturated carbocycles. The average molecular weight is 540 g/mol. The first-order chi connectivity index (χ1) is 19.8. The topological polar surface area (TPSA) is 4.93 Å². The number of unbranched alkanes of at least 4 members (excludes halogenated alkanes) is 4. The van der Waals surface area contributed by atoms with Gasteiger partial charge >= 0.3 is 0 Å². The van der Waals surface area contributed by atoms with E-state index in [0.29, 0.717) is 0 Å². The van der Waals surface area contributed by atoms with Crippen LogP contribution in [0.3, 0.4) is 0 Å². The lowest BCUT2D eigenvalue weighted by molar-refractivity contribution is 0.718. The molecule has 0 fully saturated rings. The Hall–Kier alpha value is -3.62. The molecule has 0 spiro atoms. The summed E-state index contributed by atoms with van der Waals surface area (Å²) in [5, 5.41) is 8.22. The number of aromatic nitrogens is 1. The van der Waals surface area contributed by atoms with Crippen LogP contribution in [0.15, 0.2) is 91.0 Å². The fourth-order valence-corrected chi connectivity index (χ4v) is 7.77.